The summed E-state index contributed by atoms with van der Waals surface area (Å²) in [5, 5.41) is 3.67. The number of hydrogen-bond donors (Lipinski definition) is 1. The van der Waals surface area contributed by atoms with Crippen LogP contribution in [0.3, 0.4) is 0 Å². The fourth-order valence-corrected chi connectivity index (χ4v) is 4.39. The number of carbonyl (C=O) groups is 1. The third-order valence-electron chi connectivity index (χ3n) is 4.87. The molecule has 1 aliphatic rings. The maximum atomic E-state index is 13.1. The molecule has 0 fully saturated rings. The summed E-state index contributed by atoms with van der Waals surface area (Å²) in [4.78, 5) is 19.8. The summed E-state index contributed by atoms with van der Waals surface area (Å²) >= 11 is 0.995. The number of fused-ring (bicyclic) bond motifs is 2. The molecule has 1 N–H and O–H groups in total. The van der Waals surface area contributed by atoms with Crippen LogP contribution in [0.1, 0.15) is 35.8 Å². The van der Waals surface area contributed by atoms with Gasteiger partial charge in [-0.3, -0.25) is 4.79 Å². The molecular weight excluding hydrogens is 399 g/mol. The van der Waals surface area contributed by atoms with E-state index in [-0.39, 0.29) is 28.2 Å². The quantitative estimate of drug-likeness (QED) is 0.483. The van der Waals surface area contributed by atoms with Gasteiger partial charge in [0, 0.05) is 5.39 Å². The summed E-state index contributed by atoms with van der Waals surface area (Å²) in [5.74, 6) is -1.44. The van der Waals surface area contributed by atoms with E-state index in [9.17, 15) is 18.0 Å². The minimum atomic E-state index is -4.65. The number of carbonyl (C=O) groups excluding carboxylic acids is 1. The lowest BCUT2D eigenvalue weighted by Crippen LogP contribution is -2.32. The molecule has 1 amide bonds. The summed E-state index contributed by atoms with van der Waals surface area (Å²) in [7, 11) is 0. The summed E-state index contributed by atoms with van der Waals surface area (Å²) in [6, 6.07) is 14.4. The largest absolute Gasteiger partial charge is 0.451 e. The van der Waals surface area contributed by atoms with Gasteiger partial charge in [0.15, 0.2) is 0 Å². The number of para-hydroxylation sites is 1. The van der Waals surface area contributed by atoms with Gasteiger partial charge in [-0.05, 0) is 36.5 Å². The Morgan fingerprint density at radius 1 is 1.10 bits per heavy atom. The molecule has 0 aliphatic heterocycles. The molecule has 1 aromatic heterocycles. The molecule has 0 saturated heterocycles. The third-order valence-corrected chi connectivity index (χ3v) is 5.86. The van der Waals surface area contributed by atoms with Crippen molar-refractivity contribution in [2.24, 2.45) is 0 Å². The van der Waals surface area contributed by atoms with E-state index < -0.39 is 12.0 Å². The van der Waals surface area contributed by atoms with E-state index in [1.165, 1.54) is 11.6 Å². The van der Waals surface area contributed by atoms with Crippen molar-refractivity contribution >= 4 is 28.6 Å². The first-order chi connectivity index (χ1) is 13.9. The van der Waals surface area contributed by atoms with E-state index in [2.05, 4.69) is 21.4 Å². The van der Waals surface area contributed by atoms with Gasteiger partial charge in [0.05, 0.1) is 17.3 Å². The number of alkyl halides is 3. The number of aryl methyl sites for hydroxylation is 1. The molecule has 0 saturated carbocycles. The first-order valence-electron chi connectivity index (χ1n) is 9.26. The fourth-order valence-electron chi connectivity index (χ4n) is 3.56. The van der Waals surface area contributed by atoms with Gasteiger partial charge in [0.2, 0.25) is 11.7 Å². The Bertz CT molecular complexity index is 1050. The molecule has 2 aromatic carbocycles. The van der Waals surface area contributed by atoms with Crippen molar-refractivity contribution < 1.29 is 18.0 Å². The number of amides is 1. The Balaban J connectivity index is 1.51. The Kier molecular flexibility index (Phi) is 5.45. The molecule has 0 unspecified atom stereocenters. The zero-order valence-corrected chi connectivity index (χ0v) is 16.2. The molecule has 1 atom stereocenters. The molecule has 1 aliphatic carbocycles. The van der Waals surface area contributed by atoms with Crippen LogP contribution in [0.15, 0.2) is 53.6 Å². The minimum absolute atomic E-state index is 0.0169. The first kappa shape index (κ1) is 19.7. The number of thioether (sulfide) groups is 1. The maximum absolute atomic E-state index is 13.1. The van der Waals surface area contributed by atoms with Crippen LogP contribution in [0.4, 0.5) is 13.2 Å². The average Bonchev–Trinajstić information content (AvgIpc) is 2.71. The molecule has 3 aromatic rings. The van der Waals surface area contributed by atoms with Crippen LogP contribution in [0.2, 0.25) is 0 Å². The molecule has 4 rings (SSSR count). The number of halogens is 3. The predicted molar refractivity (Wildman–Crippen MR) is 106 cm³/mol. The van der Waals surface area contributed by atoms with E-state index in [1.807, 2.05) is 18.2 Å². The lowest BCUT2D eigenvalue weighted by Gasteiger charge is -2.26. The standard InChI is InChI=1S/C21H18F3N3OS/c22-21(23,24)20-26-17-10-4-3-9-15(17)19(27-20)29-12-18(28)25-16-11-5-7-13-6-1-2-8-14(13)16/h1-4,6,8-10,16H,5,7,11-12H2,(H,25,28)/t16-/m1/s1. The lowest BCUT2D eigenvalue weighted by atomic mass is 9.88. The predicted octanol–water partition coefficient (Wildman–Crippen LogP) is 4.93. The number of nitrogens with one attached hydrogen (secondary N) is 1. The van der Waals surface area contributed by atoms with Crippen LogP contribution < -0.4 is 5.32 Å². The molecule has 4 nitrogen and oxygen atoms in total. The molecular formula is C21H18F3N3OS. The highest BCUT2D eigenvalue weighted by atomic mass is 32.2. The summed E-state index contributed by atoms with van der Waals surface area (Å²) in [5.41, 5.74) is 2.55. The van der Waals surface area contributed by atoms with Gasteiger partial charge in [0.1, 0.15) is 5.03 Å². The second-order valence-corrected chi connectivity index (χ2v) is 7.83. The molecule has 29 heavy (non-hydrogen) atoms. The number of hydrogen-bond acceptors (Lipinski definition) is 4. The van der Waals surface area contributed by atoms with Gasteiger partial charge in [-0.2, -0.15) is 13.2 Å². The maximum Gasteiger partial charge on any atom is 0.451 e. The van der Waals surface area contributed by atoms with Crippen molar-refractivity contribution in [1.82, 2.24) is 15.3 Å². The van der Waals surface area contributed by atoms with Gasteiger partial charge in [-0.25, -0.2) is 9.97 Å². The Labute approximate surface area is 169 Å². The number of nitrogens with zero attached hydrogens (tertiary/aromatic N) is 2. The molecule has 0 radical (unpaired) electrons. The number of aromatic nitrogens is 2. The van der Waals surface area contributed by atoms with Gasteiger partial charge in [-0.15, -0.1) is 0 Å². The number of rotatable bonds is 4. The summed E-state index contributed by atoms with van der Waals surface area (Å²) < 4.78 is 39.4. The second-order valence-electron chi connectivity index (χ2n) is 6.87. The smallest absolute Gasteiger partial charge is 0.349 e. The molecule has 8 heteroatoms. The summed E-state index contributed by atoms with van der Waals surface area (Å²) in [6.07, 6.45) is -1.82. The van der Waals surface area contributed by atoms with Crippen LogP contribution in [-0.4, -0.2) is 21.6 Å². The molecule has 150 valence electrons. The van der Waals surface area contributed by atoms with Crippen molar-refractivity contribution in [2.45, 2.75) is 36.5 Å². The van der Waals surface area contributed by atoms with Gasteiger partial charge < -0.3 is 5.32 Å². The van der Waals surface area contributed by atoms with E-state index in [4.69, 9.17) is 0 Å². The van der Waals surface area contributed by atoms with Crippen LogP contribution in [0.25, 0.3) is 10.9 Å². The second kappa shape index (κ2) is 8.02. The van der Waals surface area contributed by atoms with E-state index in [0.717, 1.165) is 36.6 Å². The highest BCUT2D eigenvalue weighted by molar-refractivity contribution is 8.00. The van der Waals surface area contributed by atoms with Crippen LogP contribution in [0.5, 0.6) is 0 Å². The monoisotopic (exact) mass is 417 g/mol. The lowest BCUT2D eigenvalue weighted by molar-refractivity contribution is -0.145. The minimum Gasteiger partial charge on any atom is -0.349 e. The highest BCUT2D eigenvalue weighted by Crippen LogP contribution is 2.33. The Hall–Kier alpha value is -2.61. The van der Waals surface area contributed by atoms with E-state index in [0.29, 0.717) is 5.39 Å². The van der Waals surface area contributed by atoms with Crippen molar-refractivity contribution in [3.8, 4) is 0 Å². The van der Waals surface area contributed by atoms with Crippen LogP contribution >= 0.6 is 11.8 Å². The molecule has 0 spiro atoms. The normalized spacial score (nSPS) is 16.4. The van der Waals surface area contributed by atoms with E-state index >= 15 is 0 Å². The van der Waals surface area contributed by atoms with Gasteiger partial charge in [-0.1, -0.05) is 54.2 Å². The third kappa shape index (κ3) is 4.37. The van der Waals surface area contributed by atoms with Crippen molar-refractivity contribution in [1.29, 1.82) is 0 Å². The SMILES string of the molecule is O=C(CSc1nc(C(F)(F)F)nc2ccccc12)N[C@@H]1CCCc2ccccc21. The molecule has 0 bridgehead atoms. The average molecular weight is 417 g/mol. The van der Waals surface area contributed by atoms with Crippen LogP contribution in [0, 0.1) is 0 Å². The van der Waals surface area contributed by atoms with E-state index in [1.54, 1.807) is 18.2 Å². The topological polar surface area (TPSA) is 54.9 Å². The summed E-state index contributed by atoms with van der Waals surface area (Å²) in [6.45, 7) is 0. The van der Waals surface area contributed by atoms with Gasteiger partial charge in [0.25, 0.3) is 0 Å². The molecule has 1 heterocycles. The van der Waals surface area contributed by atoms with Crippen molar-refractivity contribution in [3.63, 3.8) is 0 Å². The van der Waals surface area contributed by atoms with Crippen molar-refractivity contribution in [2.75, 3.05) is 5.75 Å². The van der Waals surface area contributed by atoms with Crippen LogP contribution in [-0.2, 0) is 17.4 Å². The zero-order valence-electron chi connectivity index (χ0n) is 15.4. The Morgan fingerprint density at radius 3 is 2.69 bits per heavy atom. The van der Waals surface area contributed by atoms with Crippen molar-refractivity contribution in [3.05, 3.63) is 65.5 Å². The van der Waals surface area contributed by atoms with Gasteiger partial charge >= 0.3 is 6.18 Å². The zero-order chi connectivity index (χ0) is 20.4. The first-order valence-corrected chi connectivity index (χ1v) is 10.2. The highest BCUT2D eigenvalue weighted by Gasteiger charge is 2.35. The number of benzene rings is 2. The Morgan fingerprint density at radius 2 is 1.86 bits per heavy atom. The fraction of sp³-hybridized carbons (Fsp3) is 0.286.